The zero-order chi connectivity index (χ0) is 24.4. The lowest BCUT2D eigenvalue weighted by Gasteiger charge is -2.26. The summed E-state index contributed by atoms with van der Waals surface area (Å²) in [6.45, 7) is 4.42. The monoisotopic (exact) mass is 452 g/mol. The Balaban J connectivity index is 2.98. The molecule has 0 saturated carbocycles. The predicted octanol–water partition coefficient (Wildman–Crippen LogP) is -1.14. The van der Waals surface area contributed by atoms with Crippen LogP contribution >= 0.6 is 0 Å². The van der Waals surface area contributed by atoms with E-state index in [2.05, 4.69) is 16.0 Å². The van der Waals surface area contributed by atoms with Crippen molar-refractivity contribution in [1.82, 2.24) is 16.0 Å². The third kappa shape index (κ3) is 9.31. The molecular weight excluding hydrogens is 420 g/mol. The van der Waals surface area contributed by atoms with Gasteiger partial charge >= 0.3 is 5.97 Å². The van der Waals surface area contributed by atoms with Crippen molar-refractivity contribution in [3.8, 4) is 5.75 Å². The quantitative estimate of drug-likeness (QED) is 0.207. The molecule has 0 aliphatic rings. The Morgan fingerprint density at radius 1 is 0.969 bits per heavy atom. The minimum atomic E-state index is -1.38. The van der Waals surface area contributed by atoms with Crippen molar-refractivity contribution < 1.29 is 34.5 Å². The number of aliphatic hydroxyl groups excluding tert-OH is 1. The summed E-state index contributed by atoms with van der Waals surface area (Å²) in [6.07, 6.45) is -0.937. The maximum absolute atomic E-state index is 12.8. The van der Waals surface area contributed by atoms with Crippen molar-refractivity contribution in [2.75, 3.05) is 6.54 Å². The van der Waals surface area contributed by atoms with Crippen molar-refractivity contribution in [3.05, 3.63) is 29.8 Å². The van der Waals surface area contributed by atoms with E-state index in [1.165, 1.54) is 31.2 Å². The van der Waals surface area contributed by atoms with E-state index in [9.17, 15) is 29.4 Å². The fraction of sp³-hybridized carbons (Fsp3) is 0.524. The zero-order valence-corrected chi connectivity index (χ0v) is 18.4. The maximum atomic E-state index is 12.8. The molecule has 0 aliphatic heterocycles. The number of phenolic OH excluding ortho intramolecular Hbond substituents is 1. The first-order chi connectivity index (χ1) is 14.9. The molecule has 1 aromatic rings. The van der Waals surface area contributed by atoms with Crippen LogP contribution in [0, 0.1) is 5.92 Å². The molecule has 8 N–H and O–H groups in total. The number of nitrogens with one attached hydrogen (secondary N) is 3. The van der Waals surface area contributed by atoms with Gasteiger partial charge in [0.1, 0.15) is 24.4 Å². The number of nitrogens with two attached hydrogens (primary N) is 1. The van der Waals surface area contributed by atoms with Crippen LogP contribution in [0.2, 0.25) is 0 Å². The van der Waals surface area contributed by atoms with Gasteiger partial charge in [-0.2, -0.15) is 0 Å². The van der Waals surface area contributed by atoms with Gasteiger partial charge in [0.2, 0.25) is 17.7 Å². The number of carbonyl (C=O) groups is 4. The molecule has 0 heterocycles. The third-order valence-corrected chi connectivity index (χ3v) is 4.55. The van der Waals surface area contributed by atoms with E-state index in [0.29, 0.717) is 12.0 Å². The van der Waals surface area contributed by atoms with E-state index in [-0.39, 0.29) is 18.1 Å². The molecule has 0 aliphatic carbocycles. The second-order valence-electron chi connectivity index (χ2n) is 8.01. The van der Waals surface area contributed by atoms with Gasteiger partial charge in [-0.1, -0.05) is 26.0 Å². The van der Waals surface area contributed by atoms with Crippen LogP contribution in [0.4, 0.5) is 0 Å². The molecule has 4 atom stereocenters. The third-order valence-electron chi connectivity index (χ3n) is 4.55. The summed E-state index contributed by atoms with van der Waals surface area (Å²) in [7, 11) is 0. The minimum Gasteiger partial charge on any atom is -0.508 e. The molecule has 1 aromatic carbocycles. The lowest BCUT2D eigenvalue weighted by molar-refractivity contribution is -0.138. The van der Waals surface area contributed by atoms with Crippen LogP contribution in [-0.2, 0) is 25.6 Å². The Morgan fingerprint density at radius 2 is 1.56 bits per heavy atom. The van der Waals surface area contributed by atoms with E-state index in [1.54, 1.807) is 0 Å². The number of aliphatic hydroxyl groups is 1. The number of rotatable bonds is 12. The molecule has 1 rings (SSSR count). The Labute approximate surface area is 186 Å². The van der Waals surface area contributed by atoms with Crippen LogP contribution in [0.25, 0.3) is 0 Å². The summed E-state index contributed by atoms with van der Waals surface area (Å²) in [5.74, 6) is -3.33. The molecule has 3 amide bonds. The summed E-state index contributed by atoms with van der Waals surface area (Å²) >= 11 is 0. The maximum Gasteiger partial charge on any atom is 0.322 e. The molecular formula is C21H32N4O7. The van der Waals surface area contributed by atoms with E-state index in [0.717, 1.165) is 0 Å². The summed E-state index contributed by atoms with van der Waals surface area (Å²) in [5.41, 5.74) is 6.41. The van der Waals surface area contributed by atoms with Gasteiger partial charge in [-0.15, -0.1) is 0 Å². The van der Waals surface area contributed by atoms with Gasteiger partial charge in [0.25, 0.3) is 0 Å². The molecule has 0 aromatic heterocycles. The SMILES string of the molecule is CC(C)CC(N)C(=O)NC(C(=O)NC(Cc1ccc(O)cc1)C(=O)NCC(=O)O)C(C)O. The van der Waals surface area contributed by atoms with E-state index in [4.69, 9.17) is 10.8 Å². The smallest absolute Gasteiger partial charge is 0.322 e. The highest BCUT2D eigenvalue weighted by atomic mass is 16.4. The van der Waals surface area contributed by atoms with Crippen LogP contribution < -0.4 is 21.7 Å². The first kappa shape index (κ1) is 26.9. The van der Waals surface area contributed by atoms with Gasteiger partial charge in [-0.05, 0) is 37.0 Å². The van der Waals surface area contributed by atoms with Gasteiger partial charge in [-0.25, -0.2) is 0 Å². The number of carboxylic acids is 1. The largest absolute Gasteiger partial charge is 0.508 e. The standard InChI is InChI=1S/C21H32N4O7/c1-11(2)8-15(22)19(30)25-18(12(3)26)21(32)24-16(20(31)23-10-17(28)29)9-13-4-6-14(27)7-5-13/h4-7,11-12,15-16,18,26-27H,8-10,22H2,1-3H3,(H,23,31)(H,24,32)(H,25,30)(H,28,29). The van der Waals surface area contributed by atoms with Crippen LogP contribution in [0.3, 0.4) is 0 Å². The van der Waals surface area contributed by atoms with Crippen molar-refractivity contribution in [2.45, 2.75) is 57.8 Å². The van der Waals surface area contributed by atoms with Gasteiger partial charge in [-0.3, -0.25) is 19.2 Å². The van der Waals surface area contributed by atoms with Crippen molar-refractivity contribution >= 4 is 23.7 Å². The molecule has 4 unspecified atom stereocenters. The van der Waals surface area contributed by atoms with Crippen molar-refractivity contribution in [2.24, 2.45) is 11.7 Å². The number of hydrogen-bond donors (Lipinski definition) is 7. The van der Waals surface area contributed by atoms with Crippen molar-refractivity contribution in [3.63, 3.8) is 0 Å². The van der Waals surface area contributed by atoms with Gasteiger partial charge < -0.3 is 37.0 Å². The average molecular weight is 453 g/mol. The summed E-state index contributed by atoms with van der Waals surface area (Å²) in [4.78, 5) is 48.4. The van der Waals surface area contributed by atoms with E-state index >= 15 is 0 Å². The minimum absolute atomic E-state index is 0.0132. The Kier molecular flexibility index (Phi) is 10.6. The van der Waals surface area contributed by atoms with Gasteiger partial charge in [0.05, 0.1) is 12.1 Å². The predicted molar refractivity (Wildman–Crippen MR) is 115 cm³/mol. The molecule has 0 bridgehead atoms. The Hall–Kier alpha value is -3.18. The molecule has 0 fully saturated rings. The lowest BCUT2D eigenvalue weighted by Crippen LogP contribution is -2.59. The summed E-state index contributed by atoms with van der Waals surface area (Å²) in [6, 6.07) is 2.42. The second-order valence-corrected chi connectivity index (χ2v) is 8.01. The van der Waals surface area contributed by atoms with Crippen LogP contribution in [0.1, 0.15) is 32.8 Å². The summed E-state index contributed by atoms with van der Waals surface area (Å²) in [5, 5.41) is 35.3. The fourth-order valence-electron chi connectivity index (χ4n) is 2.90. The number of hydrogen-bond acceptors (Lipinski definition) is 7. The zero-order valence-electron chi connectivity index (χ0n) is 18.4. The molecule has 178 valence electrons. The first-order valence-electron chi connectivity index (χ1n) is 10.2. The normalized spacial score (nSPS) is 14.7. The van der Waals surface area contributed by atoms with Crippen LogP contribution in [-0.4, -0.2) is 69.8 Å². The highest BCUT2D eigenvalue weighted by molar-refractivity contribution is 5.94. The van der Waals surface area contributed by atoms with E-state index < -0.39 is 54.5 Å². The van der Waals surface area contributed by atoms with Gasteiger partial charge in [0, 0.05) is 6.42 Å². The second kappa shape index (κ2) is 12.6. The highest BCUT2D eigenvalue weighted by Gasteiger charge is 2.31. The number of phenols is 1. The summed E-state index contributed by atoms with van der Waals surface area (Å²) < 4.78 is 0. The fourth-order valence-corrected chi connectivity index (χ4v) is 2.90. The number of carbonyl (C=O) groups excluding carboxylic acids is 3. The first-order valence-corrected chi connectivity index (χ1v) is 10.2. The van der Waals surface area contributed by atoms with Crippen molar-refractivity contribution in [1.29, 1.82) is 0 Å². The number of aliphatic carboxylic acids is 1. The highest BCUT2D eigenvalue weighted by Crippen LogP contribution is 2.12. The Bertz CT molecular complexity index is 796. The van der Waals surface area contributed by atoms with Gasteiger partial charge in [0.15, 0.2) is 0 Å². The number of aromatic hydroxyl groups is 1. The van der Waals surface area contributed by atoms with E-state index in [1.807, 2.05) is 13.8 Å². The average Bonchev–Trinajstić information content (AvgIpc) is 2.70. The topological polar surface area (TPSA) is 191 Å². The molecule has 11 nitrogen and oxygen atoms in total. The molecule has 11 heteroatoms. The molecule has 32 heavy (non-hydrogen) atoms. The number of amides is 3. The Morgan fingerprint density at radius 3 is 2.06 bits per heavy atom. The number of benzene rings is 1. The number of carboxylic acid groups (broad SMARTS) is 1. The molecule has 0 radical (unpaired) electrons. The van der Waals surface area contributed by atoms with Crippen LogP contribution in [0.15, 0.2) is 24.3 Å². The lowest BCUT2D eigenvalue weighted by atomic mass is 10.0. The molecule has 0 spiro atoms. The molecule has 0 saturated heterocycles. The van der Waals surface area contributed by atoms with Crippen LogP contribution in [0.5, 0.6) is 5.75 Å².